The van der Waals surface area contributed by atoms with Gasteiger partial charge in [-0.05, 0) is 35.2 Å². The molecule has 0 amide bonds. The predicted octanol–water partition coefficient (Wildman–Crippen LogP) is 3.90. The molecule has 0 saturated carbocycles. The molecule has 0 saturated heterocycles. The van der Waals surface area contributed by atoms with Crippen LogP contribution in [0, 0.1) is 17.5 Å². The summed E-state index contributed by atoms with van der Waals surface area (Å²) in [6, 6.07) is 6.91. The fraction of sp³-hybridized carbons (Fsp3) is 0.133. The summed E-state index contributed by atoms with van der Waals surface area (Å²) in [4.78, 5) is 11.5. The van der Waals surface area contributed by atoms with Gasteiger partial charge in [0.15, 0.2) is 23.2 Å². The Morgan fingerprint density at radius 1 is 0.842 bits per heavy atom. The first kappa shape index (κ1) is 12.0. The van der Waals surface area contributed by atoms with Crippen LogP contribution in [0.15, 0.2) is 30.3 Å². The van der Waals surface area contributed by atoms with Crippen molar-refractivity contribution >= 4 is 5.78 Å². The smallest absolute Gasteiger partial charge is 0.194 e. The Morgan fingerprint density at radius 2 is 1.53 bits per heavy atom. The Hall–Kier alpha value is -2.10. The standard InChI is InChI=1S/C15H9F3O/c16-12-6-10(7-13(17)15(12)18)8-1-3-11-9(5-8)2-4-14(11)19/h1,3,5-7H,2,4H2. The van der Waals surface area contributed by atoms with E-state index in [1.165, 1.54) is 0 Å². The summed E-state index contributed by atoms with van der Waals surface area (Å²) >= 11 is 0. The zero-order valence-corrected chi connectivity index (χ0v) is 9.84. The average molecular weight is 262 g/mol. The van der Waals surface area contributed by atoms with Gasteiger partial charge in [0.25, 0.3) is 0 Å². The maximum atomic E-state index is 13.2. The fourth-order valence-corrected chi connectivity index (χ4v) is 2.36. The van der Waals surface area contributed by atoms with Crippen LogP contribution in [0.1, 0.15) is 22.3 Å². The summed E-state index contributed by atoms with van der Waals surface area (Å²) in [6.45, 7) is 0. The quantitative estimate of drug-likeness (QED) is 0.712. The monoisotopic (exact) mass is 262 g/mol. The van der Waals surface area contributed by atoms with E-state index < -0.39 is 17.5 Å². The van der Waals surface area contributed by atoms with Crippen LogP contribution in [-0.4, -0.2) is 5.78 Å². The molecule has 0 aliphatic heterocycles. The molecule has 0 fully saturated rings. The predicted molar refractivity (Wildman–Crippen MR) is 64.4 cm³/mol. The van der Waals surface area contributed by atoms with Gasteiger partial charge in [-0.15, -0.1) is 0 Å². The number of benzene rings is 2. The normalized spacial score (nSPS) is 13.7. The van der Waals surface area contributed by atoms with Gasteiger partial charge in [-0.3, -0.25) is 4.79 Å². The molecule has 19 heavy (non-hydrogen) atoms. The molecule has 0 N–H and O–H groups in total. The van der Waals surface area contributed by atoms with Crippen LogP contribution in [-0.2, 0) is 6.42 Å². The lowest BCUT2D eigenvalue weighted by Gasteiger charge is -2.06. The third-order valence-electron chi connectivity index (χ3n) is 3.34. The highest BCUT2D eigenvalue weighted by Gasteiger charge is 2.20. The van der Waals surface area contributed by atoms with Crippen LogP contribution in [0.4, 0.5) is 13.2 Å². The third-order valence-corrected chi connectivity index (χ3v) is 3.34. The second-order valence-electron chi connectivity index (χ2n) is 4.55. The molecule has 0 unspecified atom stereocenters. The SMILES string of the molecule is O=C1CCc2cc(-c3cc(F)c(F)c(F)c3)ccc21. The first-order valence-corrected chi connectivity index (χ1v) is 5.87. The topological polar surface area (TPSA) is 17.1 Å². The van der Waals surface area contributed by atoms with E-state index in [-0.39, 0.29) is 11.3 Å². The lowest BCUT2D eigenvalue weighted by atomic mass is 10.00. The van der Waals surface area contributed by atoms with E-state index in [0.29, 0.717) is 24.0 Å². The van der Waals surface area contributed by atoms with Crippen LogP contribution in [0.2, 0.25) is 0 Å². The van der Waals surface area contributed by atoms with Gasteiger partial charge in [-0.1, -0.05) is 18.2 Å². The summed E-state index contributed by atoms with van der Waals surface area (Å²) in [5, 5.41) is 0. The third kappa shape index (κ3) is 1.93. The van der Waals surface area contributed by atoms with E-state index in [1.54, 1.807) is 18.2 Å². The Balaban J connectivity index is 2.11. The molecule has 2 aromatic rings. The maximum absolute atomic E-state index is 13.2. The van der Waals surface area contributed by atoms with Crippen molar-refractivity contribution in [1.82, 2.24) is 0 Å². The van der Waals surface area contributed by atoms with Crippen LogP contribution in [0.3, 0.4) is 0 Å². The number of hydrogen-bond donors (Lipinski definition) is 0. The molecule has 0 spiro atoms. The van der Waals surface area contributed by atoms with Gasteiger partial charge in [0.05, 0.1) is 0 Å². The summed E-state index contributed by atoms with van der Waals surface area (Å²) in [5.74, 6) is -3.82. The molecule has 1 aliphatic carbocycles. The van der Waals surface area contributed by atoms with Gasteiger partial charge in [-0.2, -0.15) is 0 Å². The lowest BCUT2D eigenvalue weighted by Crippen LogP contribution is -1.94. The number of Topliss-reactive ketones (excluding diaryl/α,β-unsaturated/α-hetero) is 1. The molecular weight excluding hydrogens is 253 g/mol. The Morgan fingerprint density at radius 3 is 2.21 bits per heavy atom. The second kappa shape index (κ2) is 4.23. The zero-order chi connectivity index (χ0) is 13.6. The van der Waals surface area contributed by atoms with E-state index in [9.17, 15) is 18.0 Å². The Bertz CT molecular complexity index is 669. The van der Waals surface area contributed by atoms with Crippen molar-refractivity contribution in [2.75, 3.05) is 0 Å². The van der Waals surface area contributed by atoms with Crippen molar-refractivity contribution in [2.24, 2.45) is 0 Å². The van der Waals surface area contributed by atoms with Crippen molar-refractivity contribution in [3.8, 4) is 11.1 Å². The van der Waals surface area contributed by atoms with Gasteiger partial charge in [0.1, 0.15) is 0 Å². The summed E-state index contributed by atoms with van der Waals surface area (Å²) < 4.78 is 39.3. The van der Waals surface area contributed by atoms with Crippen molar-refractivity contribution < 1.29 is 18.0 Å². The van der Waals surface area contributed by atoms with Gasteiger partial charge >= 0.3 is 0 Å². The Kier molecular flexibility index (Phi) is 2.66. The zero-order valence-electron chi connectivity index (χ0n) is 9.84. The molecular formula is C15H9F3O. The van der Waals surface area contributed by atoms with Gasteiger partial charge in [0.2, 0.25) is 0 Å². The molecule has 1 nitrogen and oxygen atoms in total. The number of aryl methyl sites for hydroxylation is 1. The maximum Gasteiger partial charge on any atom is 0.194 e. The molecule has 1 aliphatic rings. The molecule has 0 atom stereocenters. The van der Waals surface area contributed by atoms with Gasteiger partial charge < -0.3 is 0 Å². The van der Waals surface area contributed by atoms with Crippen LogP contribution in [0.5, 0.6) is 0 Å². The number of fused-ring (bicyclic) bond motifs is 1. The number of carbonyl (C=O) groups is 1. The van der Waals surface area contributed by atoms with E-state index in [0.717, 1.165) is 17.7 Å². The summed E-state index contributed by atoms with van der Waals surface area (Å²) in [5.41, 5.74) is 2.37. The largest absolute Gasteiger partial charge is 0.294 e. The average Bonchev–Trinajstić information content (AvgIpc) is 2.76. The highest BCUT2D eigenvalue weighted by molar-refractivity contribution is 6.00. The molecule has 0 bridgehead atoms. The first-order valence-electron chi connectivity index (χ1n) is 5.87. The molecule has 0 radical (unpaired) electrons. The fourth-order valence-electron chi connectivity index (χ4n) is 2.36. The number of hydrogen-bond acceptors (Lipinski definition) is 1. The minimum atomic E-state index is -1.47. The lowest BCUT2D eigenvalue weighted by molar-refractivity contribution is 0.0994. The summed E-state index contributed by atoms with van der Waals surface area (Å²) in [7, 11) is 0. The highest BCUT2D eigenvalue weighted by Crippen LogP contribution is 2.29. The van der Waals surface area contributed by atoms with Gasteiger partial charge in [0, 0.05) is 12.0 Å². The molecule has 96 valence electrons. The number of halogens is 3. The van der Waals surface area contributed by atoms with E-state index in [4.69, 9.17) is 0 Å². The minimum absolute atomic E-state index is 0.0815. The van der Waals surface area contributed by atoms with E-state index in [1.807, 2.05) is 0 Å². The van der Waals surface area contributed by atoms with E-state index in [2.05, 4.69) is 0 Å². The van der Waals surface area contributed by atoms with Crippen LogP contribution >= 0.6 is 0 Å². The van der Waals surface area contributed by atoms with Crippen molar-refractivity contribution in [3.63, 3.8) is 0 Å². The molecule has 4 heteroatoms. The molecule has 2 aromatic carbocycles. The van der Waals surface area contributed by atoms with Gasteiger partial charge in [-0.25, -0.2) is 13.2 Å². The Labute approximate surface area is 107 Å². The van der Waals surface area contributed by atoms with Crippen molar-refractivity contribution in [1.29, 1.82) is 0 Å². The van der Waals surface area contributed by atoms with Crippen molar-refractivity contribution in [2.45, 2.75) is 12.8 Å². The number of carbonyl (C=O) groups excluding carboxylic acids is 1. The second-order valence-corrected chi connectivity index (χ2v) is 4.55. The number of rotatable bonds is 1. The number of ketones is 1. The minimum Gasteiger partial charge on any atom is -0.294 e. The van der Waals surface area contributed by atoms with Crippen molar-refractivity contribution in [3.05, 3.63) is 58.9 Å². The molecule has 3 rings (SSSR count). The molecule has 0 aromatic heterocycles. The molecule has 0 heterocycles. The van der Waals surface area contributed by atoms with Crippen LogP contribution < -0.4 is 0 Å². The first-order chi connectivity index (χ1) is 9.06. The van der Waals surface area contributed by atoms with Crippen LogP contribution in [0.25, 0.3) is 11.1 Å². The summed E-state index contributed by atoms with van der Waals surface area (Å²) in [6.07, 6.45) is 1.10. The highest BCUT2D eigenvalue weighted by atomic mass is 19.2. The van der Waals surface area contributed by atoms with E-state index >= 15 is 0 Å².